The Bertz CT molecular complexity index is 1180. The van der Waals surface area contributed by atoms with Crippen molar-refractivity contribution in [2.75, 3.05) is 0 Å². The summed E-state index contributed by atoms with van der Waals surface area (Å²) < 4.78 is 29.1. The number of benzene rings is 2. The number of rotatable bonds is 3. The molecule has 8 heteroatoms. The van der Waals surface area contributed by atoms with Crippen LogP contribution in [0.1, 0.15) is 5.56 Å². The van der Waals surface area contributed by atoms with Crippen LogP contribution in [0.2, 0.25) is 0 Å². The average Bonchev–Trinajstić information content (AvgIpc) is 3.08. The maximum absolute atomic E-state index is 13.7. The van der Waals surface area contributed by atoms with Gasteiger partial charge < -0.3 is 0 Å². The van der Waals surface area contributed by atoms with E-state index in [-0.39, 0.29) is 10.9 Å². The fourth-order valence-corrected chi connectivity index (χ4v) is 2.47. The van der Waals surface area contributed by atoms with Crippen molar-refractivity contribution in [3.8, 4) is 5.69 Å². The molecule has 4 rings (SSSR count). The summed E-state index contributed by atoms with van der Waals surface area (Å²) in [5.74, 6) is -1.46. The van der Waals surface area contributed by atoms with Gasteiger partial charge in [-0.2, -0.15) is 14.9 Å². The van der Waals surface area contributed by atoms with Crippen LogP contribution in [0, 0.1) is 11.6 Å². The van der Waals surface area contributed by atoms with Gasteiger partial charge in [0.1, 0.15) is 23.3 Å². The molecular formula is C18H11F2N5O. The van der Waals surface area contributed by atoms with Crippen LogP contribution in [0.3, 0.4) is 0 Å². The predicted molar refractivity (Wildman–Crippen MR) is 92.5 cm³/mol. The molecule has 0 amide bonds. The molecule has 0 aliphatic carbocycles. The number of hydrogen-bond acceptors (Lipinski definition) is 4. The SMILES string of the molecule is O=c1c2cnn(-c3ccccc3)c2ncn1/N=C\c1ccc(F)cc1F. The molecular weight excluding hydrogens is 340 g/mol. The van der Waals surface area contributed by atoms with E-state index in [4.69, 9.17) is 0 Å². The van der Waals surface area contributed by atoms with Gasteiger partial charge in [0.2, 0.25) is 0 Å². The zero-order chi connectivity index (χ0) is 18.1. The van der Waals surface area contributed by atoms with Gasteiger partial charge in [-0.25, -0.2) is 18.4 Å². The summed E-state index contributed by atoms with van der Waals surface area (Å²) in [6, 6.07) is 12.4. The van der Waals surface area contributed by atoms with Crippen LogP contribution >= 0.6 is 0 Å². The van der Waals surface area contributed by atoms with E-state index in [1.807, 2.05) is 30.3 Å². The lowest BCUT2D eigenvalue weighted by atomic mass is 10.2. The Labute approximate surface area is 145 Å². The third kappa shape index (κ3) is 2.77. The topological polar surface area (TPSA) is 65.1 Å². The van der Waals surface area contributed by atoms with Crippen LogP contribution in [0.15, 0.2) is 71.0 Å². The molecule has 0 radical (unpaired) electrons. The summed E-state index contributed by atoms with van der Waals surface area (Å²) in [7, 11) is 0. The first-order chi connectivity index (χ1) is 12.6. The molecule has 0 fully saturated rings. The standard InChI is InChI=1S/C18H11F2N5O/c19-13-7-6-12(16(20)8-13)9-22-24-11-21-17-15(18(24)26)10-23-25(17)14-4-2-1-3-5-14/h1-11H/b22-9-. The molecule has 2 heterocycles. The van der Waals surface area contributed by atoms with Crippen molar-refractivity contribution in [3.05, 3.63) is 88.6 Å². The second-order valence-corrected chi connectivity index (χ2v) is 5.43. The van der Waals surface area contributed by atoms with Gasteiger partial charge >= 0.3 is 0 Å². The maximum Gasteiger partial charge on any atom is 0.285 e. The number of hydrogen-bond donors (Lipinski definition) is 0. The van der Waals surface area contributed by atoms with Crippen LogP contribution < -0.4 is 5.56 Å². The first kappa shape index (κ1) is 15.8. The van der Waals surface area contributed by atoms with E-state index >= 15 is 0 Å². The second-order valence-electron chi connectivity index (χ2n) is 5.43. The van der Waals surface area contributed by atoms with Crippen LogP contribution in [0.4, 0.5) is 8.78 Å². The number of fused-ring (bicyclic) bond motifs is 1. The normalized spacial score (nSPS) is 11.5. The van der Waals surface area contributed by atoms with Crippen molar-refractivity contribution in [1.82, 2.24) is 19.4 Å². The summed E-state index contributed by atoms with van der Waals surface area (Å²) in [4.78, 5) is 16.8. The summed E-state index contributed by atoms with van der Waals surface area (Å²) in [6.45, 7) is 0. The first-order valence-electron chi connectivity index (χ1n) is 7.64. The lowest BCUT2D eigenvalue weighted by Crippen LogP contribution is -2.17. The van der Waals surface area contributed by atoms with Crippen molar-refractivity contribution >= 4 is 17.2 Å². The Kier molecular flexibility index (Phi) is 3.85. The third-order valence-electron chi connectivity index (χ3n) is 3.76. The van der Waals surface area contributed by atoms with E-state index in [9.17, 15) is 13.6 Å². The lowest BCUT2D eigenvalue weighted by Gasteiger charge is -2.02. The number of halogens is 2. The van der Waals surface area contributed by atoms with Gasteiger partial charge in [0.05, 0.1) is 18.1 Å². The highest BCUT2D eigenvalue weighted by Crippen LogP contribution is 2.13. The molecule has 128 valence electrons. The van der Waals surface area contributed by atoms with Crippen molar-refractivity contribution < 1.29 is 8.78 Å². The Morgan fingerprint density at radius 1 is 1.08 bits per heavy atom. The summed E-state index contributed by atoms with van der Waals surface area (Å²) >= 11 is 0. The van der Waals surface area contributed by atoms with E-state index in [1.54, 1.807) is 4.68 Å². The quantitative estimate of drug-likeness (QED) is 0.533. The largest absolute Gasteiger partial charge is 0.285 e. The average molecular weight is 351 g/mol. The fraction of sp³-hybridized carbons (Fsp3) is 0. The third-order valence-corrected chi connectivity index (χ3v) is 3.76. The highest BCUT2D eigenvalue weighted by molar-refractivity contribution is 5.80. The van der Waals surface area contributed by atoms with Gasteiger partial charge in [-0.15, -0.1) is 0 Å². The van der Waals surface area contributed by atoms with Crippen LogP contribution in [-0.2, 0) is 0 Å². The van der Waals surface area contributed by atoms with Gasteiger partial charge in [-0.1, -0.05) is 18.2 Å². The fourth-order valence-electron chi connectivity index (χ4n) is 2.47. The van der Waals surface area contributed by atoms with E-state index < -0.39 is 17.2 Å². The van der Waals surface area contributed by atoms with Crippen molar-refractivity contribution in [2.45, 2.75) is 0 Å². The van der Waals surface area contributed by atoms with Gasteiger partial charge in [0, 0.05) is 11.6 Å². The van der Waals surface area contributed by atoms with Gasteiger partial charge in [-0.05, 0) is 24.3 Å². The Morgan fingerprint density at radius 2 is 1.88 bits per heavy atom. The number of para-hydroxylation sites is 1. The lowest BCUT2D eigenvalue weighted by molar-refractivity contribution is 0.582. The molecule has 0 aliphatic heterocycles. The second kappa shape index (κ2) is 6.32. The van der Waals surface area contributed by atoms with Crippen molar-refractivity contribution in [3.63, 3.8) is 0 Å². The Morgan fingerprint density at radius 3 is 2.65 bits per heavy atom. The predicted octanol–water partition coefficient (Wildman–Crippen LogP) is 2.74. The molecule has 4 aromatic rings. The summed E-state index contributed by atoms with van der Waals surface area (Å²) in [5, 5.41) is 8.38. The number of aromatic nitrogens is 4. The van der Waals surface area contributed by atoms with E-state index in [0.717, 1.165) is 28.7 Å². The molecule has 0 saturated heterocycles. The zero-order valence-electron chi connectivity index (χ0n) is 13.3. The molecule has 26 heavy (non-hydrogen) atoms. The Hall–Kier alpha value is -3.68. The minimum atomic E-state index is -0.771. The molecule has 6 nitrogen and oxygen atoms in total. The zero-order valence-corrected chi connectivity index (χ0v) is 13.3. The minimum Gasteiger partial charge on any atom is -0.266 e. The highest BCUT2D eigenvalue weighted by atomic mass is 19.1. The highest BCUT2D eigenvalue weighted by Gasteiger charge is 2.11. The van der Waals surface area contributed by atoms with Gasteiger partial charge in [0.15, 0.2) is 5.65 Å². The monoisotopic (exact) mass is 351 g/mol. The molecule has 0 atom stereocenters. The number of nitrogens with zero attached hydrogens (tertiary/aromatic N) is 5. The molecule has 2 aromatic carbocycles. The molecule has 2 aromatic heterocycles. The van der Waals surface area contributed by atoms with Crippen molar-refractivity contribution in [2.24, 2.45) is 5.10 Å². The van der Waals surface area contributed by atoms with Crippen LogP contribution in [0.25, 0.3) is 16.7 Å². The maximum atomic E-state index is 13.7. The molecule has 0 bridgehead atoms. The molecule has 0 spiro atoms. The van der Waals surface area contributed by atoms with Crippen molar-refractivity contribution in [1.29, 1.82) is 0 Å². The molecule has 0 unspecified atom stereocenters. The van der Waals surface area contributed by atoms with E-state index in [1.165, 1.54) is 18.6 Å². The van der Waals surface area contributed by atoms with E-state index in [0.29, 0.717) is 5.65 Å². The first-order valence-corrected chi connectivity index (χ1v) is 7.64. The molecule has 0 saturated carbocycles. The summed E-state index contributed by atoms with van der Waals surface area (Å²) in [5.41, 5.74) is 0.763. The van der Waals surface area contributed by atoms with Crippen LogP contribution in [0.5, 0.6) is 0 Å². The summed E-state index contributed by atoms with van der Waals surface area (Å²) in [6.07, 6.45) is 3.76. The molecule has 0 N–H and O–H groups in total. The minimum absolute atomic E-state index is 0.0541. The molecule has 0 aliphatic rings. The smallest absolute Gasteiger partial charge is 0.266 e. The van der Waals surface area contributed by atoms with Gasteiger partial charge in [0.25, 0.3) is 5.56 Å². The van der Waals surface area contributed by atoms with E-state index in [2.05, 4.69) is 15.2 Å². The van der Waals surface area contributed by atoms with Gasteiger partial charge in [-0.3, -0.25) is 4.79 Å². The van der Waals surface area contributed by atoms with Crippen LogP contribution in [-0.4, -0.2) is 25.7 Å². The Balaban J connectivity index is 1.75.